The smallest absolute Gasteiger partial charge is 0.223 e. The van der Waals surface area contributed by atoms with E-state index in [1.807, 2.05) is 0 Å². The molecule has 1 saturated carbocycles. The van der Waals surface area contributed by atoms with Crippen LogP contribution in [0.4, 0.5) is 0 Å². The van der Waals surface area contributed by atoms with Crippen molar-refractivity contribution in [1.82, 2.24) is 10.4 Å². The lowest BCUT2D eigenvalue weighted by Gasteiger charge is -2.51. The summed E-state index contributed by atoms with van der Waals surface area (Å²) in [5.41, 5.74) is 3.53. The fourth-order valence-electron chi connectivity index (χ4n) is 2.18. The lowest BCUT2D eigenvalue weighted by atomic mass is 9.80. The number of hydrogen-bond acceptors (Lipinski definition) is 2. The minimum absolute atomic E-state index is 0.319. The Bertz CT molecular complexity index is 155. The topological polar surface area (TPSA) is 32.3 Å². The molecule has 0 aromatic rings. The second kappa shape index (κ2) is 2.48. The van der Waals surface area contributed by atoms with E-state index in [2.05, 4.69) is 5.43 Å². The van der Waals surface area contributed by atoms with Crippen molar-refractivity contribution in [3.63, 3.8) is 0 Å². The second-order valence-corrected chi connectivity index (χ2v) is 3.69. The Hall–Kier alpha value is -0.570. The zero-order valence-electron chi connectivity index (χ0n) is 6.68. The molecule has 1 aliphatic carbocycles. The first-order chi connectivity index (χ1) is 5.35. The summed E-state index contributed by atoms with van der Waals surface area (Å²) in [6.07, 6.45) is 7.37. The molecule has 0 aromatic heterocycles. The third-order valence-electron chi connectivity index (χ3n) is 2.79. The normalized spacial score (nSPS) is 28.2. The van der Waals surface area contributed by atoms with Crippen LogP contribution in [0.25, 0.3) is 0 Å². The third kappa shape index (κ3) is 1.13. The lowest BCUT2D eigenvalue weighted by Crippen LogP contribution is -2.71. The molecule has 1 amide bonds. The Morgan fingerprint density at radius 3 is 2.45 bits per heavy atom. The molecule has 0 radical (unpaired) electrons. The van der Waals surface area contributed by atoms with E-state index < -0.39 is 0 Å². The number of hydrazine groups is 1. The van der Waals surface area contributed by atoms with Crippen molar-refractivity contribution in [2.75, 3.05) is 6.54 Å². The van der Waals surface area contributed by atoms with Gasteiger partial charge in [-0.25, -0.2) is 5.43 Å². The monoisotopic (exact) mass is 154 g/mol. The van der Waals surface area contributed by atoms with E-state index >= 15 is 0 Å². The van der Waals surface area contributed by atoms with Crippen molar-refractivity contribution >= 4 is 6.41 Å². The molecular weight excluding hydrogens is 140 g/mol. The number of rotatable bonds is 1. The number of carbonyl (C=O) groups excluding carboxylic acids is 1. The fourth-order valence-corrected chi connectivity index (χ4v) is 2.18. The van der Waals surface area contributed by atoms with Gasteiger partial charge in [-0.1, -0.05) is 19.3 Å². The molecule has 2 fully saturated rings. The van der Waals surface area contributed by atoms with Crippen LogP contribution in [0.15, 0.2) is 0 Å². The zero-order valence-corrected chi connectivity index (χ0v) is 6.68. The van der Waals surface area contributed by atoms with Gasteiger partial charge in [0.1, 0.15) is 0 Å². The SMILES string of the molecule is O=CN1CC2(CCCCC2)N1. The van der Waals surface area contributed by atoms with Crippen LogP contribution in [-0.2, 0) is 4.79 Å². The van der Waals surface area contributed by atoms with Crippen LogP contribution in [-0.4, -0.2) is 23.5 Å². The van der Waals surface area contributed by atoms with Crippen molar-refractivity contribution in [1.29, 1.82) is 0 Å². The van der Waals surface area contributed by atoms with E-state index in [0.29, 0.717) is 5.54 Å². The highest BCUT2D eigenvalue weighted by Gasteiger charge is 2.42. The Kier molecular flexibility index (Phi) is 1.60. The summed E-state index contributed by atoms with van der Waals surface area (Å²) >= 11 is 0. The molecule has 1 N–H and O–H groups in total. The van der Waals surface area contributed by atoms with Gasteiger partial charge in [-0.2, -0.15) is 0 Å². The standard InChI is InChI=1S/C8H14N2O/c11-7-10-6-8(9-10)4-2-1-3-5-8/h7,9H,1-6H2. The summed E-state index contributed by atoms with van der Waals surface area (Å²) in [7, 11) is 0. The van der Waals surface area contributed by atoms with Gasteiger partial charge in [0.15, 0.2) is 0 Å². The third-order valence-corrected chi connectivity index (χ3v) is 2.79. The minimum Gasteiger partial charge on any atom is -0.278 e. The van der Waals surface area contributed by atoms with Gasteiger partial charge >= 0.3 is 0 Å². The molecule has 0 unspecified atom stereocenters. The van der Waals surface area contributed by atoms with Crippen molar-refractivity contribution in [2.24, 2.45) is 0 Å². The van der Waals surface area contributed by atoms with Crippen LogP contribution < -0.4 is 5.43 Å². The number of hydrogen-bond donors (Lipinski definition) is 1. The lowest BCUT2D eigenvalue weighted by molar-refractivity contribution is -0.137. The first kappa shape index (κ1) is 7.10. The highest BCUT2D eigenvalue weighted by atomic mass is 16.1. The summed E-state index contributed by atoms with van der Waals surface area (Å²) in [5, 5.41) is 1.64. The van der Waals surface area contributed by atoms with Crippen LogP contribution >= 0.6 is 0 Å². The second-order valence-electron chi connectivity index (χ2n) is 3.69. The summed E-state index contributed by atoms with van der Waals surface area (Å²) in [5.74, 6) is 0. The van der Waals surface area contributed by atoms with Gasteiger partial charge < -0.3 is 0 Å². The molecule has 0 atom stereocenters. The van der Waals surface area contributed by atoms with Crippen molar-refractivity contribution < 1.29 is 4.79 Å². The number of nitrogens with zero attached hydrogens (tertiary/aromatic N) is 1. The molecule has 1 saturated heterocycles. The maximum Gasteiger partial charge on any atom is 0.223 e. The largest absolute Gasteiger partial charge is 0.278 e. The number of nitrogens with one attached hydrogen (secondary N) is 1. The van der Waals surface area contributed by atoms with E-state index in [9.17, 15) is 4.79 Å². The number of amides is 1. The molecule has 1 aliphatic heterocycles. The molecule has 3 nitrogen and oxygen atoms in total. The van der Waals surface area contributed by atoms with Crippen LogP contribution in [0, 0.1) is 0 Å². The number of carbonyl (C=O) groups is 1. The van der Waals surface area contributed by atoms with E-state index in [1.54, 1.807) is 5.01 Å². The average molecular weight is 154 g/mol. The van der Waals surface area contributed by atoms with Gasteiger partial charge in [0.25, 0.3) is 0 Å². The highest BCUT2D eigenvalue weighted by Crippen LogP contribution is 2.33. The van der Waals surface area contributed by atoms with Crippen LogP contribution in [0.3, 0.4) is 0 Å². The van der Waals surface area contributed by atoms with Crippen LogP contribution in [0.1, 0.15) is 32.1 Å². The van der Waals surface area contributed by atoms with Gasteiger partial charge in [-0.3, -0.25) is 9.80 Å². The van der Waals surface area contributed by atoms with Gasteiger partial charge in [0, 0.05) is 0 Å². The van der Waals surface area contributed by atoms with E-state index in [1.165, 1.54) is 32.1 Å². The average Bonchev–Trinajstić information content (AvgIpc) is 2.01. The summed E-state index contributed by atoms with van der Waals surface area (Å²) < 4.78 is 0. The molecule has 2 aliphatic rings. The Morgan fingerprint density at radius 1 is 1.27 bits per heavy atom. The quantitative estimate of drug-likeness (QED) is 0.563. The predicted octanol–water partition coefficient (Wildman–Crippen LogP) is 0.666. The molecule has 0 aromatic carbocycles. The Labute approximate surface area is 66.7 Å². The molecule has 0 bridgehead atoms. The summed E-state index contributed by atoms with van der Waals surface area (Å²) in [6, 6.07) is 0. The van der Waals surface area contributed by atoms with E-state index in [-0.39, 0.29) is 0 Å². The van der Waals surface area contributed by atoms with Gasteiger partial charge in [0.2, 0.25) is 6.41 Å². The summed E-state index contributed by atoms with van der Waals surface area (Å²) in [6.45, 7) is 0.927. The molecule has 1 spiro atoms. The van der Waals surface area contributed by atoms with Crippen molar-refractivity contribution in [3.05, 3.63) is 0 Å². The first-order valence-electron chi connectivity index (χ1n) is 4.34. The molecule has 3 heteroatoms. The maximum absolute atomic E-state index is 10.3. The highest BCUT2D eigenvalue weighted by molar-refractivity contribution is 5.48. The summed E-state index contributed by atoms with van der Waals surface area (Å²) in [4.78, 5) is 10.3. The Balaban J connectivity index is 1.88. The van der Waals surface area contributed by atoms with Crippen LogP contribution in [0.2, 0.25) is 0 Å². The van der Waals surface area contributed by atoms with Crippen molar-refractivity contribution in [2.45, 2.75) is 37.6 Å². The predicted molar refractivity (Wildman–Crippen MR) is 41.7 cm³/mol. The van der Waals surface area contributed by atoms with E-state index in [4.69, 9.17) is 0 Å². The molecule has 11 heavy (non-hydrogen) atoms. The molecule has 1 heterocycles. The molecular formula is C8H14N2O. The van der Waals surface area contributed by atoms with Gasteiger partial charge in [-0.15, -0.1) is 0 Å². The van der Waals surface area contributed by atoms with Gasteiger partial charge in [0.05, 0.1) is 12.1 Å². The molecule has 62 valence electrons. The van der Waals surface area contributed by atoms with Crippen molar-refractivity contribution in [3.8, 4) is 0 Å². The fraction of sp³-hybridized carbons (Fsp3) is 0.875. The van der Waals surface area contributed by atoms with E-state index in [0.717, 1.165) is 13.0 Å². The Morgan fingerprint density at radius 2 is 1.91 bits per heavy atom. The first-order valence-corrected chi connectivity index (χ1v) is 4.34. The maximum atomic E-state index is 10.3. The minimum atomic E-state index is 0.319. The van der Waals surface area contributed by atoms with Crippen LogP contribution in [0.5, 0.6) is 0 Å². The molecule has 2 rings (SSSR count). The van der Waals surface area contributed by atoms with Gasteiger partial charge in [-0.05, 0) is 12.8 Å². The zero-order chi connectivity index (χ0) is 7.73.